The molecule has 0 spiro atoms. The maximum Gasteiger partial charge on any atom is 0.255 e. The van der Waals surface area contributed by atoms with Crippen LogP contribution in [0.25, 0.3) is 0 Å². The third-order valence-electron chi connectivity index (χ3n) is 6.39. The van der Waals surface area contributed by atoms with E-state index in [0.717, 1.165) is 57.5 Å². The number of methoxy groups -OCH3 is 1. The van der Waals surface area contributed by atoms with Crippen LogP contribution >= 0.6 is 0 Å². The molecule has 1 saturated heterocycles. The zero-order valence-electron chi connectivity index (χ0n) is 19.2. The summed E-state index contributed by atoms with van der Waals surface area (Å²) in [6, 6.07) is 12.1. The van der Waals surface area contributed by atoms with Gasteiger partial charge in [0.15, 0.2) is 0 Å². The van der Waals surface area contributed by atoms with Gasteiger partial charge in [-0.1, -0.05) is 25.0 Å². The number of hydrogen-bond acceptors (Lipinski definition) is 6. The molecule has 2 fully saturated rings. The first-order valence-electron chi connectivity index (χ1n) is 11.4. The second-order valence-electron chi connectivity index (χ2n) is 8.73. The quantitative estimate of drug-likeness (QED) is 0.644. The van der Waals surface area contributed by atoms with E-state index >= 15 is 0 Å². The SMILES string of the molecule is COc1ccc(C(=O)Nc2ccccc2N2CCN(C)CC2)cc1S(=O)(=O)NC1CCCC1. The number of amides is 1. The molecule has 2 aromatic rings. The van der Waals surface area contributed by atoms with E-state index in [0.29, 0.717) is 5.69 Å². The van der Waals surface area contributed by atoms with Gasteiger partial charge in [-0.25, -0.2) is 13.1 Å². The molecule has 1 heterocycles. The normalized spacial score (nSPS) is 17.8. The highest BCUT2D eigenvalue weighted by atomic mass is 32.2. The van der Waals surface area contributed by atoms with E-state index in [1.54, 1.807) is 6.07 Å². The molecular formula is C24H32N4O4S. The molecule has 0 radical (unpaired) electrons. The maximum atomic E-state index is 13.1. The van der Waals surface area contributed by atoms with E-state index in [-0.39, 0.29) is 28.2 Å². The lowest BCUT2D eigenvalue weighted by Crippen LogP contribution is -2.44. The number of anilines is 2. The lowest BCUT2D eigenvalue weighted by Gasteiger charge is -2.35. The summed E-state index contributed by atoms with van der Waals surface area (Å²) in [7, 11) is -0.288. The van der Waals surface area contributed by atoms with Crippen LogP contribution in [0, 0.1) is 0 Å². The average molecular weight is 473 g/mol. The number of para-hydroxylation sites is 2. The van der Waals surface area contributed by atoms with Crippen molar-refractivity contribution in [3.05, 3.63) is 48.0 Å². The monoisotopic (exact) mass is 472 g/mol. The molecule has 0 atom stereocenters. The Morgan fingerprint density at radius 1 is 1.03 bits per heavy atom. The highest BCUT2D eigenvalue weighted by molar-refractivity contribution is 7.89. The van der Waals surface area contributed by atoms with Crippen LogP contribution in [0.15, 0.2) is 47.4 Å². The molecule has 2 aromatic carbocycles. The van der Waals surface area contributed by atoms with Crippen LogP contribution in [0.4, 0.5) is 11.4 Å². The number of hydrogen-bond donors (Lipinski definition) is 2. The summed E-state index contributed by atoms with van der Waals surface area (Å²) in [4.78, 5) is 17.6. The number of benzene rings is 2. The van der Waals surface area contributed by atoms with E-state index in [9.17, 15) is 13.2 Å². The molecule has 1 aliphatic heterocycles. The summed E-state index contributed by atoms with van der Waals surface area (Å²) in [5.41, 5.74) is 1.93. The summed E-state index contributed by atoms with van der Waals surface area (Å²) >= 11 is 0. The smallest absolute Gasteiger partial charge is 0.255 e. The van der Waals surface area contributed by atoms with Gasteiger partial charge in [0.25, 0.3) is 5.91 Å². The highest BCUT2D eigenvalue weighted by Gasteiger charge is 2.27. The lowest BCUT2D eigenvalue weighted by molar-refractivity contribution is 0.102. The van der Waals surface area contributed by atoms with Gasteiger partial charge >= 0.3 is 0 Å². The van der Waals surface area contributed by atoms with Crippen LogP contribution in [0.1, 0.15) is 36.0 Å². The van der Waals surface area contributed by atoms with Gasteiger partial charge in [-0.05, 0) is 50.2 Å². The van der Waals surface area contributed by atoms with Crippen molar-refractivity contribution in [2.24, 2.45) is 0 Å². The van der Waals surface area contributed by atoms with Crippen LogP contribution in [0.5, 0.6) is 5.75 Å². The summed E-state index contributed by atoms with van der Waals surface area (Å²) in [6.45, 7) is 3.66. The molecule has 0 aromatic heterocycles. The third kappa shape index (κ3) is 5.48. The second-order valence-corrected chi connectivity index (χ2v) is 10.4. The Labute approximate surface area is 196 Å². The molecule has 4 rings (SSSR count). The molecule has 1 saturated carbocycles. The Hall–Kier alpha value is -2.62. The van der Waals surface area contributed by atoms with Crippen molar-refractivity contribution in [3.63, 3.8) is 0 Å². The molecule has 8 nitrogen and oxygen atoms in total. The van der Waals surface area contributed by atoms with Crippen molar-refractivity contribution >= 4 is 27.3 Å². The zero-order valence-corrected chi connectivity index (χ0v) is 20.0. The molecule has 1 amide bonds. The number of rotatable bonds is 7. The van der Waals surface area contributed by atoms with Crippen molar-refractivity contribution in [1.82, 2.24) is 9.62 Å². The molecule has 33 heavy (non-hydrogen) atoms. The number of carbonyl (C=O) groups is 1. The van der Waals surface area contributed by atoms with Crippen molar-refractivity contribution < 1.29 is 17.9 Å². The van der Waals surface area contributed by atoms with E-state index in [1.807, 2.05) is 24.3 Å². The minimum Gasteiger partial charge on any atom is -0.495 e. The molecule has 9 heteroatoms. The average Bonchev–Trinajstić information content (AvgIpc) is 3.32. The highest BCUT2D eigenvalue weighted by Crippen LogP contribution is 2.30. The van der Waals surface area contributed by atoms with Crippen LogP contribution in [-0.4, -0.2) is 65.6 Å². The van der Waals surface area contributed by atoms with E-state index in [4.69, 9.17) is 4.74 Å². The number of piperazine rings is 1. The first-order chi connectivity index (χ1) is 15.9. The van der Waals surface area contributed by atoms with Crippen molar-refractivity contribution in [2.75, 3.05) is 50.6 Å². The zero-order chi connectivity index (χ0) is 23.4. The Morgan fingerprint density at radius 3 is 2.42 bits per heavy atom. The molecule has 178 valence electrons. The van der Waals surface area contributed by atoms with E-state index in [2.05, 4.69) is 26.9 Å². The van der Waals surface area contributed by atoms with Crippen LogP contribution in [0.3, 0.4) is 0 Å². The van der Waals surface area contributed by atoms with Gasteiger partial charge in [0.05, 0.1) is 18.5 Å². The molecule has 0 unspecified atom stereocenters. The Kier molecular flexibility index (Phi) is 7.21. The Morgan fingerprint density at radius 2 is 1.73 bits per heavy atom. The summed E-state index contributed by atoms with van der Waals surface area (Å²) < 4.78 is 34.2. The van der Waals surface area contributed by atoms with Gasteiger partial charge in [0, 0.05) is 37.8 Å². The molecular weight excluding hydrogens is 440 g/mol. The third-order valence-corrected chi connectivity index (χ3v) is 7.93. The predicted molar refractivity (Wildman–Crippen MR) is 130 cm³/mol. The van der Waals surface area contributed by atoms with Crippen molar-refractivity contribution in [1.29, 1.82) is 0 Å². The maximum absolute atomic E-state index is 13.1. The van der Waals surface area contributed by atoms with Gasteiger partial charge < -0.3 is 19.9 Å². The number of likely N-dealkylation sites (N-methyl/N-ethyl adjacent to an activating group) is 1. The number of nitrogens with one attached hydrogen (secondary N) is 2. The van der Waals surface area contributed by atoms with Gasteiger partial charge in [-0.3, -0.25) is 4.79 Å². The minimum absolute atomic E-state index is 0.0168. The minimum atomic E-state index is -3.81. The van der Waals surface area contributed by atoms with Gasteiger partial charge in [0.2, 0.25) is 10.0 Å². The largest absolute Gasteiger partial charge is 0.495 e. The predicted octanol–water partition coefficient (Wildman–Crippen LogP) is 2.92. The fourth-order valence-electron chi connectivity index (χ4n) is 4.45. The van der Waals surface area contributed by atoms with Gasteiger partial charge in [-0.15, -0.1) is 0 Å². The lowest BCUT2D eigenvalue weighted by atomic mass is 10.1. The van der Waals surface area contributed by atoms with E-state index in [1.165, 1.54) is 19.2 Å². The number of ether oxygens (including phenoxy) is 1. The number of sulfonamides is 1. The fourth-order valence-corrected chi connectivity index (χ4v) is 5.95. The second kappa shape index (κ2) is 10.1. The summed E-state index contributed by atoms with van der Waals surface area (Å²) in [5.74, 6) is -0.147. The van der Waals surface area contributed by atoms with Crippen molar-refractivity contribution in [3.8, 4) is 5.75 Å². The Balaban J connectivity index is 1.56. The Bertz CT molecular complexity index is 1090. The van der Waals surface area contributed by atoms with Crippen LogP contribution in [-0.2, 0) is 10.0 Å². The van der Waals surface area contributed by atoms with E-state index < -0.39 is 10.0 Å². The van der Waals surface area contributed by atoms with Gasteiger partial charge in [0.1, 0.15) is 10.6 Å². The summed E-state index contributed by atoms with van der Waals surface area (Å²) in [5, 5.41) is 2.97. The summed E-state index contributed by atoms with van der Waals surface area (Å²) in [6.07, 6.45) is 3.68. The fraction of sp³-hybridized carbons (Fsp3) is 0.458. The van der Waals surface area contributed by atoms with Crippen molar-refractivity contribution in [2.45, 2.75) is 36.6 Å². The molecule has 1 aliphatic carbocycles. The topological polar surface area (TPSA) is 91.0 Å². The number of nitrogens with zero attached hydrogens (tertiary/aromatic N) is 2. The first-order valence-corrected chi connectivity index (χ1v) is 12.9. The first kappa shape index (κ1) is 23.5. The number of carbonyl (C=O) groups excluding carboxylic acids is 1. The molecule has 0 bridgehead atoms. The van der Waals surface area contributed by atoms with Gasteiger partial charge in [-0.2, -0.15) is 0 Å². The van der Waals surface area contributed by atoms with Crippen LogP contribution < -0.4 is 19.7 Å². The van der Waals surface area contributed by atoms with Crippen LogP contribution in [0.2, 0.25) is 0 Å². The molecule has 2 aliphatic rings. The molecule has 2 N–H and O–H groups in total. The standard InChI is InChI=1S/C24H32N4O4S/c1-27-13-15-28(16-14-27)21-10-6-5-9-20(21)25-24(29)18-11-12-22(32-2)23(17-18)33(30,31)26-19-7-3-4-8-19/h5-6,9-12,17,19,26H,3-4,7-8,13-16H2,1-2H3,(H,25,29).